The van der Waals surface area contributed by atoms with Crippen molar-refractivity contribution < 1.29 is 14.3 Å². The summed E-state index contributed by atoms with van der Waals surface area (Å²) in [6.07, 6.45) is 7.85. The summed E-state index contributed by atoms with van der Waals surface area (Å²) < 4.78 is 16.4. The summed E-state index contributed by atoms with van der Waals surface area (Å²) in [6.45, 7) is 2.09. The molecule has 1 aliphatic heterocycles. The van der Waals surface area contributed by atoms with Gasteiger partial charge in [0.1, 0.15) is 11.5 Å². The van der Waals surface area contributed by atoms with E-state index in [0.717, 1.165) is 25.0 Å². The van der Waals surface area contributed by atoms with Crippen LogP contribution in [0.3, 0.4) is 0 Å². The van der Waals surface area contributed by atoms with Gasteiger partial charge in [0.25, 0.3) is 0 Å². The number of nitrogens with zero attached hydrogens (tertiary/aromatic N) is 3. The summed E-state index contributed by atoms with van der Waals surface area (Å²) >= 11 is 5.88. The molecule has 2 heterocycles. The SMILES string of the molecule is Cc1cn(CC2(O)C(c3ccc(Cl)cc3F)=NOC23CCCCC3)cn1. The van der Waals surface area contributed by atoms with E-state index in [1.165, 1.54) is 6.07 Å². The molecule has 7 heteroatoms. The van der Waals surface area contributed by atoms with Gasteiger partial charge in [0.15, 0.2) is 11.2 Å². The zero-order chi connectivity index (χ0) is 18.4. The second-order valence-electron chi connectivity index (χ2n) is 7.26. The Kier molecular flexibility index (Phi) is 4.28. The van der Waals surface area contributed by atoms with Gasteiger partial charge in [-0.3, -0.25) is 0 Å². The molecule has 0 radical (unpaired) electrons. The average molecular weight is 378 g/mol. The molecule has 0 bridgehead atoms. The highest BCUT2D eigenvalue weighted by Crippen LogP contribution is 2.47. The summed E-state index contributed by atoms with van der Waals surface area (Å²) in [4.78, 5) is 10.1. The summed E-state index contributed by atoms with van der Waals surface area (Å²) in [5.74, 6) is -0.520. The molecule has 138 valence electrons. The minimum Gasteiger partial charge on any atom is -0.385 e. The fourth-order valence-electron chi connectivity index (χ4n) is 4.12. The molecular weight excluding hydrogens is 357 g/mol. The van der Waals surface area contributed by atoms with Gasteiger partial charge in [-0.15, -0.1) is 0 Å². The lowest BCUT2D eigenvalue weighted by Crippen LogP contribution is -2.59. The van der Waals surface area contributed by atoms with Gasteiger partial charge in [-0.25, -0.2) is 9.37 Å². The predicted octanol–water partition coefficient (Wildman–Crippen LogP) is 3.85. The summed E-state index contributed by atoms with van der Waals surface area (Å²) in [7, 11) is 0. The van der Waals surface area contributed by atoms with Crippen LogP contribution in [0.2, 0.25) is 5.02 Å². The molecule has 26 heavy (non-hydrogen) atoms. The van der Waals surface area contributed by atoms with Gasteiger partial charge >= 0.3 is 0 Å². The van der Waals surface area contributed by atoms with Crippen molar-refractivity contribution >= 4 is 17.3 Å². The molecule has 1 N–H and O–H groups in total. The predicted molar refractivity (Wildman–Crippen MR) is 96.8 cm³/mol. The molecule has 1 unspecified atom stereocenters. The number of hydrogen-bond acceptors (Lipinski definition) is 4. The van der Waals surface area contributed by atoms with Gasteiger partial charge in [-0.1, -0.05) is 23.2 Å². The number of benzene rings is 1. The zero-order valence-electron chi connectivity index (χ0n) is 14.6. The van der Waals surface area contributed by atoms with Crippen molar-refractivity contribution in [3.63, 3.8) is 0 Å². The molecular formula is C19H21ClFN3O2. The van der Waals surface area contributed by atoms with Crippen molar-refractivity contribution in [2.45, 2.75) is 56.8 Å². The third kappa shape index (κ3) is 2.72. The van der Waals surface area contributed by atoms with Crippen LogP contribution >= 0.6 is 11.6 Å². The van der Waals surface area contributed by atoms with E-state index in [2.05, 4.69) is 10.1 Å². The van der Waals surface area contributed by atoms with Gasteiger partial charge < -0.3 is 14.5 Å². The Labute approximate surface area is 156 Å². The fourth-order valence-corrected chi connectivity index (χ4v) is 4.28. The van der Waals surface area contributed by atoms with Crippen LogP contribution in [0.15, 0.2) is 35.9 Å². The van der Waals surface area contributed by atoms with Crippen LogP contribution in [0.5, 0.6) is 0 Å². The Bertz CT molecular complexity index is 860. The van der Waals surface area contributed by atoms with Crippen LogP contribution in [0.1, 0.15) is 43.4 Å². The van der Waals surface area contributed by atoms with Gasteiger partial charge in [-0.05, 0) is 50.8 Å². The lowest BCUT2D eigenvalue weighted by atomic mass is 9.69. The lowest BCUT2D eigenvalue weighted by Gasteiger charge is -2.42. The molecule has 2 aromatic rings. The number of aryl methyl sites for hydroxylation is 1. The highest BCUT2D eigenvalue weighted by molar-refractivity contribution is 6.30. The third-order valence-corrected chi connectivity index (χ3v) is 5.71. The molecule has 1 aliphatic carbocycles. The van der Waals surface area contributed by atoms with Crippen molar-refractivity contribution in [3.8, 4) is 0 Å². The number of halogens is 2. The highest BCUT2D eigenvalue weighted by atomic mass is 35.5. The van der Waals surface area contributed by atoms with E-state index in [0.29, 0.717) is 17.9 Å². The Morgan fingerprint density at radius 2 is 2.08 bits per heavy atom. The Hall–Kier alpha value is -1.92. The zero-order valence-corrected chi connectivity index (χ0v) is 15.3. The molecule has 1 fully saturated rings. The molecule has 4 rings (SSSR count). The van der Waals surface area contributed by atoms with Gasteiger partial charge in [0, 0.05) is 16.8 Å². The minimum atomic E-state index is -1.45. The van der Waals surface area contributed by atoms with Crippen molar-refractivity contribution in [1.82, 2.24) is 9.55 Å². The van der Waals surface area contributed by atoms with Crippen molar-refractivity contribution in [2.75, 3.05) is 0 Å². The first-order chi connectivity index (χ1) is 12.4. The molecule has 2 aliphatic rings. The number of aromatic nitrogens is 2. The molecule has 1 saturated carbocycles. The second-order valence-corrected chi connectivity index (χ2v) is 7.69. The maximum Gasteiger partial charge on any atom is 0.173 e. The standard InChI is InChI=1S/C19H21ClFN3O2/c1-13-10-24(12-22-13)11-19(25)17(15-6-5-14(20)9-16(15)21)23-26-18(19)7-3-2-4-8-18/h5-6,9-10,12,25H,2-4,7-8,11H2,1H3. The normalized spacial score (nSPS) is 24.5. The molecule has 1 spiro atoms. The van der Waals surface area contributed by atoms with Crippen LogP contribution in [0, 0.1) is 12.7 Å². The number of aliphatic hydroxyl groups is 1. The molecule has 1 aromatic heterocycles. The second kappa shape index (κ2) is 6.35. The van der Waals surface area contributed by atoms with E-state index in [9.17, 15) is 9.50 Å². The van der Waals surface area contributed by atoms with Crippen molar-refractivity contribution in [1.29, 1.82) is 0 Å². The number of oxime groups is 1. The van der Waals surface area contributed by atoms with Crippen LogP contribution in [-0.4, -0.2) is 31.6 Å². The quantitative estimate of drug-likeness (QED) is 0.883. The Morgan fingerprint density at radius 3 is 2.73 bits per heavy atom. The van der Waals surface area contributed by atoms with Crippen LogP contribution in [0.25, 0.3) is 0 Å². The molecule has 5 nitrogen and oxygen atoms in total. The highest BCUT2D eigenvalue weighted by Gasteiger charge is 2.61. The van der Waals surface area contributed by atoms with Crippen molar-refractivity contribution in [3.05, 3.63) is 52.8 Å². The van der Waals surface area contributed by atoms with Crippen LogP contribution in [0.4, 0.5) is 4.39 Å². The minimum absolute atomic E-state index is 0.203. The first-order valence-corrected chi connectivity index (χ1v) is 9.24. The lowest BCUT2D eigenvalue weighted by molar-refractivity contribution is -0.150. The maximum absolute atomic E-state index is 14.6. The molecule has 1 aromatic carbocycles. The number of hydrogen-bond donors (Lipinski definition) is 1. The largest absolute Gasteiger partial charge is 0.385 e. The van der Waals surface area contributed by atoms with E-state index in [4.69, 9.17) is 16.4 Å². The van der Waals surface area contributed by atoms with E-state index >= 15 is 0 Å². The summed E-state index contributed by atoms with van der Waals surface area (Å²) in [5, 5.41) is 16.3. The van der Waals surface area contributed by atoms with Crippen molar-refractivity contribution in [2.24, 2.45) is 5.16 Å². The van der Waals surface area contributed by atoms with Crippen LogP contribution in [-0.2, 0) is 11.4 Å². The van der Waals surface area contributed by atoms with E-state index in [1.807, 2.05) is 17.7 Å². The Balaban J connectivity index is 1.79. The Morgan fingerprint density at radius 1 is 1.31 bits per heavy atom. The average Bonchev–Trinajstić information content (AvgIpc) is 3.12. The number of rotatable bonds is 3. The van der Waals surface area contributed by atoms with E-state index in [-0.39, 0.29) is 17.8 Å². The summed E-state index contributed by atoms with van der Waals surface area (Å²) in [5.41, 5.74) is -1.00. The smallest absolute Gasteiger partial charge is 0.173 e. The molecule has 0 amide bonds. The van der Waals surface area contributed by atoms with Crippen LogP contribution < -0.4 is 0 Å². The maximum atomic E-state index is 14.6. The number of imidazole rings is 1. The summed E-state index contributed by atoms with van der Waals surface area (Å²) in [6, 6.07) is 4.37. The van der Waals surface area contributed by atoms with Gasteiger partial charge in [0.2, 0.25) is 0 Å². The van der Waals surface area contributed by atoms with E-state index < -0.39 is 17.0 Å². The topological polar surface area (TPSA) is 59.6 Å². The molecule has 1 atom stereocenters. The van der Waals surface area contributed by atoms with Gasteiger partial charge in [-0.2, -0.15) is 0 Å². The van der Waals surface area contributed by atoms with E-state index in [1.54, 1.807) is 18.5 Å². The van der Waals surface area contributed by atoms with Gasteiger partial charge in [0.05, 0.1) is 18.6 Å². The fraction of sp³-hybridized carbons (Fsp3) is 0.474. The first kappa shape index (κ1) is 17.5. The monoisotopic (exact) mass is 377 g/mol. The third-order valence-electron chi connectivity index (χ3n) is 5.48. The first-order valence-electron chi connectivity index (χ1n) is 8.86. The molecule has 0 saturated heterocycles.